The lowest BCUT2D eigenvalue weighted by Crippen LogP contribution is -2.40. The summed E-state index contributed by atoms with van der Waals surface area (Å²) in [5.41, 5.74) is -0.208. The number of anilines is 1. The second-order valence-electron chi connectivity index (χ2n) is 8.07. The van der Waals surface area contributed by atoms with Crippen molar-refractivity contribution in [3.63, 3.8) is 0 Å². The molecule has 0 fully saturated rings. The molecule has 12 heteroatoms. The van der Waals surface area contributed by atoms with Crippen LogP contribution in [-0.2, 0) is 4.74 Å². The van der Waals surface area contributed by atoms with Gasteiger partial charge in [-0.15, -0.1) is 0 Å². The van der Waals surface area contributed by atoms with Crippen LogP contribution in [0.5, 0.6) is 0 Å². The Labute approximate surface area is 221 Å². The van der Waals surface area contributed by atoms with Crippen molar-refractivity contribution in [2.75, 3.05) is 25.6 Å². The highest BCUT2D eigenvalue weighted by atomic mass is 35.5. The number of hydrogen-bond acceptors (Lipinski definition) is 6. The number of aliphatic hydroxyl groups excluding tert-OH is 1. The van der Waals surface area contributed by atoms with Crippen LogP contribution in [0.1, 0.15) is 20.8 Å². The number of carbonyl (C=O) groups is 2. The molecule has 0 saturated heterocycles. The molecule has 0 radical (unpaired) electrons. The van der Waals surface area contributed by atoms with Crippen LogP contribution in [0.3, 0.4) is 0 Å². The van der Waals surface area contributed by atoms with Crippen LogP contribution in [0.2, 0.25) is 5.02 Å². The summed E-state index contributed by atoms with van der Waals surface area (Å²) in [7, 11) is 1.43. The molecule has 0 bridgehead atoms. The number of carbonyl (C=O) groups excluding carboxylic acids is 2. The van der Waals surface area contributed by atoms with Gasteiger partial charge in [0.05, 0.1) is 35.5 Å². The Bertz CT molecular complexity index is 1470. The van der Waals surface area contributed by atoms with Crippen molar-refractivity contribution in [2.24, 2.45) is 0 Å². The molecule has 2 aromatic carbocycles. The molecule has 0 unspecified atom stereocenters. The average molecular weight is 542 g/mol. The lowest BCUT2D eigenvalue weighted by atomic mass is 10.1. The first-order valence-corrected chi connectivity index (χ1v) is 11.7. The SMILES string of the molecule is COC[C@H](CO)NC(=O)c1cc(NC(=O)c2cc(-c3ncccc3F)c(F)cc2Cl)n(-c2ccccc2)n1. The maximum absolute atomic E-state index is 14.6. The van der Waals surface area contributed by atoms with Crippen LogP contribution in [0.15, 0.2) is 66.9 Å². The normalized spacial score (nSPS) is 11.7. The molecule has 4 rings (SSSR count). The first-order valence-electron chi connectivity index (χ1n) is 11.3. The molecule has 2 amide bonds. The third kappa shape index (κ3) is 5.86. The molecule has 3 N–H and O–H groups in total. The van der Waals surface area contributed by atoms with Gasteiger partial charge >= 0.3 is 0 Å². The maximum Gasteiger partial charge on any atom is 0.272 e. The van der Waals surface area contributed by atoms with Crippen LogP contribution in [-0.4, -0.2) is 58.1 Å². The van der Waals surface area contributed by atoms with E-state index in [0.29, 0.717) is 5.69 Å². The fourth-order valence-electron chi connectivity index (χ4n) is 3.62. The summed E-state index contributed by atoms with van der Waals surface area (Å²) in [6, 6.07) is 13.8. The minimum Gasteiger partial charge on any atom is -0.394 e. The topological polar surface area (TPSA) is 118 Å². The van der Waals surface area contributed by atoms with Crippen molar-refractivity contribution < 1.29 is 28.2 Å². The van der Waals surface area contributed by atoms with E-state index in [1.807, 2.05) is 0 Å². The Kier molecular flexibility index (Phi) is 8.41. The third-order valence-corrected chi connectivity index (χ3v) is 5.74. The Morgan fingerprint density at radius 1 is 1.08 bits per heavy atom. The molecule has 0 aliphatic heterocycles. The van der Waals surface area contributed by atoms with E-state index in [-0.39, 0.29) is 46.6 Å². The van der Waals surface area contributed by atoms with E-state index in [1.165, 1.54) is 30.1 Å². The summed E-state index contributed by atoms with van der Waals surface area (Å²) in [4.78, 5) is 29.9. The number of methoxy groups -OCH3 is 1. The smallest absolute Gasteiger partial charge is 0.272 e. The number of hydrogen-bond donors (Lipinski definition) is 3. The van der Waals surface area contributed by atoms with Gasteiger partial charge < -0.3 is 20.5 Å². The van der Waals surface area contributed by atoms with E-state index in [2.05, 4.69) is 20.7 Å². The highest BCUT2D eigenvalue weighted by Crippen LogP contribution is 2.30. The van der Waals surface area contributed by atoms with Crippen molar-refractivity contribution in [1.82, 2.24) is 20.1 Å². The standard InChI is InChI=1S/C26H22ClF2N5O4/c1-38-14-15(13-35)31-26(37)22-12-23(34(33-22)16-6-3-2-4-7-16)32-25(36)17-10-18(21(29)11-19(17)27)24-20(28)8-5-9-30-24/h2-12,15,35H,13-14H2,1H3,(H,31,37)(H,32,36)/t15-/m0/s1. The van der Waals surface area contributed by atoms with Gasteiger partial charge in [0, 0.05) is 24.9 Å². The van der Waals surface area contributed by atoms with Crippen LogP contribution in [0, 0.1) is 11.6 Å². The van der Waals surface area contributed by atoms with Gasteiger partial charge in [-0.2, -0.15) is 5.10 Å². The Hall–Kier alpha value is -4.19. The van der Waals surface area contributed by atoms with Crippen molar-refractivity contribution in [3.05, 3.63) is 94.8 Å². The molecule has 2 heterocycles. The molecule has 196 valence electrons. The molecule has 2 aromatic heterocycles. The molecule has 0 aliphatic carbocycles. The van der Waals surface area contributed by atoms with Crippen LogP contribution in [0.25, 0.3) is 16.9 Å². The molecule has 0 aliphatic rings. The number of para-hydroxylation sites is 1. The van der Waals surface area contributed by atoms with E-state index in [1.54, 1.807) is 30.3 Å². The van der Waals surface area contributed by atoms with E-state index >= 15 is 0 Å². The second-order valence-corrected chi connectivity index (χ2v) is 8.48. The first kappa shape index (κ1) is 26.9. The molecule has 1 atom stereocenters. The number of ether oxygens (including phenoxy) is 1. The highest BCUT2D eigenvalue weighted by Gasteiger charge is 2.23. The molecule has 4 aromatic rings. The van der Waals surface area contributed by atoms with E-state index in [4.69, 9.17) is 16.3 Å². The minimum absolute atomic E-state index is 0.0554. The molecule has 0 saturated carbocycles. The summed E-state index contributed by atoms with van der Waals surface area (Å²) in [5, 5.41) is 18.8. The van der Waals surface area contributed by atoms with Gasteiger partial charge in [0.25, 0.3) is 11.8 Å². The number of pyridine rings is 1. The summed E-state index contributed by atoms with van der Waals surface area (Å²) in [6.45, 7) is -0.279. The summed E-state index contributed by atoms with van der Waals surface area (Å²) in [5.74, 6) is -2.90. The van der Waals surface area contributed by atoms with Gasteiger partial charge in [0.1, 0.15) is 23.1 Å². The van der Waals surface area contributed by atoms with Crippen LogP contribution < -0.4 is 10.6 Å². The van der Waals surface area contributed by atoms with Gasteiger partial charge in [0.2, 0.25) is 0 Å². The monoisotopic (exact) mass is 541 g/mol. The summed E-state index contributed by atoms with van der Waals surface area (Å²) < 4.78 is 35.2. The molecular formula is C26H22ClF2N5O4. The van der Waals surface area contributed by atoms with E-state index in [9.17, 15) is 23.5 Å². The van der Waals surface area contributed by atoms with Gasteiger partial charge in [0.15, 0.2) is 5.69 Å². The van der Waals surface area contributed by atoms with Crippen LogP contribution >= 0.6 is 11.6 Å². The summed E-state index contributed by atoms with van der Waals surface area (Å²) >= 11 is 6.17. The lowest BCUT2D eigenvalue weighted by molar-refractivity contribution is 0.0834. The number of nitrogens with zero attached hydrogens (tertiary/aromatic N) is 3. The highest BCUT2D eigenvalue weighted by molar-refractivity contribution is 6.34. The fraction of sp³-hybridized carbons (Fsp3) is 0.154. The minimum atomic E-state index is -0.855. The zero-order valence-corrected chi connectivity index (χ0v) is 20.7. The summed E-state index contributed by atoms with van der Waals surface area (Å²) in [6.07, 6.45) is 1.30. The van der Waals surface area contributed by atoms with Crippen molar-refractivity contribution in [1.29, 1.82) is 0 Å². The Morgan fingerprint density at radius 2 is 1.84 bits per heavy atom. The van der Waals surface area contributed by atoms with Gasteiger partial charge in [-0.1, -0.05) is 29.8 Å². The van der Waals surface area contributed by atoms with Gasteiger partial charge in [-0.3, -0.25) is 14.6 Å². The predicted molar refractivity (Wildman–Crippen MR) is 136 cm³/mol. The first-order chi connectivity index (χ1) is 18.3. The number of halogens is 3. The number of nitrogens with one attached hydrogen (secondary N) is 2. The third-order valence-electron chi connectivity index (χ3n) is 5.42. The largest absolute Gasteiger partial charge is 0.394 e. The molecule has 9 nitrogen and oxygen atoms in total. The maximum atomic E-state index is 14.6. The molecule has 0 spiro atoms. The number of aromatic nitrogens is 3. The predicted octanol–water partition coefficient (Wildman–Crippen LogP) is 3.86. The molecular weight excluding hydrogens is 520 g/mol. The molecule has 38 heavy (non-hydrogen) atoms. The van der Waals surface area contributed by atoms with E-state index in [0.717, 1.165) is 18.2 Å². The number of benzene rings is 2. The number of amides is 2. The Morgan fingerprint density at radius 3 is 2.53 bits per heavy atom. The van der Waals surface area contributed by atoms with Crippen molar-refractivity contribution in [3.8, 4) is 16.9 Å². The van der Waals surface area contributed by atoms with Gasteiger partial charge in [-0.05, 0) is 36.4 Å². The quantitative estimate of drug-likeness (QED) is 0.296. The zero-order valence-electron chi connectivity index (χ0n) is 20.0. The average Bonchev–Trinajstić information content (AvgIpc) is 3.33. The van der Waals surface area contributed by atoms with Crippen molar-refractivity contribution in [2.45, 2.75) is 6.04 Å². The van der Waals surface area contributed by atoms with Crippen LogP contribution in [0.4, 0.5) is 14.6 Å². The lowest BCUT2D eigenvalue weighted by Gasteiger charge is -2.13. The second kappa shape index (κ2) is 11.9. The number of rotatable bonds is 9. The number of aliphatic hydroxyl groups is 1. The van der Waals surface area contributed by atoms with Crippen molar-refractivity contribution >= 4 is 29.2 Å². The zero-order chi connectivity index (χ0) is 27.2. The van der Waals surface area contributed by atoms with Gasteiger partial charge in [-0.25, -0.2) is 13.5 Å². The van der Waals surface area contributed by atoms with E-state index < -0.39 is 29.5 Å². The fourth-order valence-corrected chi connectivity index (χ4v) is 3.86. The Balaban J connectivity index is 1.70.